The molecule has 0 aliphatic heterocycles. The van der Waals surface area contributed by atoms with E-state index in [4.69, 9.17) is 5.11 Å². The van der Waals surface area contributed by atoms with Crippen molar-refractivity contribution >= 4 is 5.91 Å². The van der Waals surface area contributed by atoms with Crippen molar-refractivity contribution in [2.24, 2.45) is 0 Å². The molecule has 0 rings (SSSR count). The predicted molar refractivity (Wildman–Crippen MR) is 99.5 cm³/mol. The van der Waals surface area contributed by atoms with E-state index in [1.165, 1.54) is 83.5 Å². The normalized spacial score (nSPS) is 11.2. The van der Waals surface area contributed by atoms with E-state index in [0.717, 1.165) is 6.42 Å². The number of carbonyl (C=O) groups excluding carboxylic acids is 1. The molecule has 0 aromatic rings. The van der Waals surface area contributed by atoms with E-state index in [-0.39, 0.29) is 5.91 Å². The lowest BCUT2D eigenvalue weighted by atomic mass is 10.1. The largest absolute Gasteiger partial charge is 0.387 e. The molecule has 23 heavy (non-hydrogen) atoms. The van der Waals surface area contributed by atoms with E-state index in [0.29, 0.717) is 6.54 Å². The molecule has 0 saturated carbocycles. The van der Waals surface area contributed by atoms with Crippen LogP contribution in [0.15, 0.2) is 12.2 Å². The van der Waals surface area contributed by atoms with E-state index >= 15 is 0 Å². The zero-order valence-electron chi connectivity index (χ0n) is 15.3. The van der Waals surface area contributed by atoms with Crippen LogP contribution in [-0.2, 0) is 4.79 Å². The molecular weight excluding hydrogens is 286 g/mol. The summed E-state index contributed by atoms with van der Waals surface area (Å²) in [5.74, 6) is -0.266. The Morgan fingerprint density at radius 2 is 1.26 bits per heavy atom. The summed E-state index contributed by atoms with van der Waals surface area (Å²) in [5, 5.41) is 11.2. The van der Waals surface area contributed by atoms with Gasteiger partial charge in [-0.25, -0.2) is 0 Å². The van der Waals surface area contributed by atoms with Crippen LogP contribution in [0.4, 0.5) is 0 Å². The van der Waals surface area contributed by atoms with Gasteiger partial charge in [-0.2, -0.15) is 0 Å². The summed E-state index contributed by atoms with van der Waals surface area (Å²) in [6.07, 6.45) is 22.8. The number of allylic oxidation sites excluding steroid dienone is 2. The summed E-state index contributed by atoms with van der Waals surface area (Å²) in [4.78, 5) is 10.8. The van der Waals surface area contributed by atoms with Gasteiger partial charge in [-0.1, -0.05) is 76.9 Å². The fourth-order valence-corrected chi connectivity index (χ4v) is 2.66. The Balaban J connectivity index is 3.09. The van der Waals surface area contributed by atoms with Crippen LogP contribution in [-0.4, -0.2) is 24.2 Å². The molecule has 0 aliphatic carbocycles. The minimum Gasteiger partial charge on any atom is -0.387 e. The van der Waals surface area contributed by atoms with Crippen molar-refractivity contribution in [2.75, 3.05) is 13.2 Å². The van der Waals surface area contributed by atoms with Crippen LogP contribution in [0.1, 0.15) is 96.8 Å². The third-order valence-electron chi connectivity index (χ3n) is 4.15. The van der Waals surface area contributed by atoms with E-state index in [1.54, 1.807) is 0 Å². The summed E-state index contributed by atoms with van der Waals surface area (Å²) in [6.45, 7) is 2.56. The highest BCUT2D eigenvalue weighted by Crippen LogP contribution is 2.09. The number of aliphatic hydroxyl groups excluding tert-OH is 1. The summed E-state index contributed by atoms with van der Waals surface area (Å²) in [6, 6.07) is 0. The topological polar surface area (TPSA) is 49.3 Å². The number of carbonyl (C=O) groups is 1. The maximum absolute atomic E-state index is 10.8. The van der Waals surface area contributed by atoms with Gasteiger partial charge in [0.25, 0.3) is 0 Å². The van der Waals surface area contributed by atoms with Crippen LogP contribution < -0.4 is 5.32 Å². The molecule has 0 unspecified atom stereocenters. The minimum absolute atomic E-state index is 0.266. The number of rotatable bonds is 17. The van der Waals surface area contributed by atoms with E-state index in [1.807, 2.05) is 0 Å². The Kier molecular flexibility index (Phi) is 18.5. The second kappa shape index (κ2) is 19.2. The quantitative estimate of drug-likeness (QED) is 0.287. The molecule has 0 bridgehead atoms. The van der Waals surface area contributed by atoms with Crippen molar-refractivity contribution in [1.82, 2.24) is 5.32 Å². The molecule has 0 heterocycles. The highest BCUT2D eigenvalue weighted by Gasteiger charge is 1.96. The van der Waals surface area contributed by atoms with Crippen molar-refractivity contribution in [3.63, 3.8) is 0 Å². The van der Waals surface area contributed by atoms with Crippen molar-refractivity contribution in [3.05, 3.63) is 12.2 Å². The molecule has 0 fully saturated rings. The molecule has 0 aromatic heterocycles. The van der Waals surface area contributed by atoms with Crippen LogP contribution in [0.25, 0.3) is 0 Å². The maximum atomic E-state index is 10.8. The second-order valence-electron chi connectivity index (χ2n) is 6.45. The first-order valence-electron chi connectivity index (χ1n) is 9.83. The molecule has 0 atom stereocenters. The molecule has 0 saturated heterocycles. The van der Waals surface area contributed by atoms with Crippen LogP contribution in [0.3, 0.4) is 0 Å². The van der Waals surface area contributed by atoms with Crippen molar-refractivity contribution in [1.29, 1.82) is 0 Å². The predicted octanol–water partition coefficient (Wildman–Crippen LogP) is 5.13. The SMILES string of the molecule is CCCCCCCCC=CCCCCCCCCNC(=O)CO. The number of aliphatic hydroxyl groups is 1. The lowest BCUT2D eigenvalue weighted by molar-refractivity contribution is -0.123. The fourth-order valence-electron chi connectivity index (χ4n) is 2.66. The second-order valence-corrected chi connectivity index (χ2v) is 6.45. The summed E-state index contributed by atoms with van der Waals surface area (Å²) >= 11 is 0. The number of unbranched alkanes of at least 4 members (excludes halogenated alkanes) is 12. The van der Waals surface area contributed by atoms with Crippen molar-refractivity contribution < 1.29 is 9.90 Å². The fraction of sp³-hybridized carbons (Fsp3) is 0.850. The Morgan fingerprint density at radius 1 is 0.783 bits per heavy atom. The van der Waals surface area contributed by atoms with Crippen molar-refractivity contribution in [3.8, 4) is 0 Å². The third kappa shape index (κ3) is 19.1. The first-order valence-corrected chi connectivity index (χ1v) is 9.83. The zero-order chi connectivity index (χ0) is 17.0. The molecule has 0 aliphatic rings. The monoisotopic (exact) mass is 325 g/mol. The molecule has 1 amide bonds. The molecule has 2 N–H and O–H groups in total. The van der Waals surface area contributed by atoms with Gasteiger partial charge in [0.2, 0.25) is 5.91 Å². The summed E-state index contributed by atoms with van der Waals surface area (Å²) < 4.78 is 0. The molecule has 3 nitrogen and oxygen atoms in total. The first kappa shape index (κ1) is 22.2. The molecule has 0 spiro atoms. The Morgan fingerprint density at radius 3 is 1.78 bits per heavy atom. The van der Waals surface area contributed by atoms with Gasteiger partial charge in [0.15, 0.2) is 0 Å². The van der Waals surface area contributed by atoms with Gasteiger partial charge >= 0.3 is 0 Å². The minimum atomic E-state index is -0.396. The summed E-state index contributed by atoms with van der Waals surface area (Å²) in [5.41, 5.74) is 0. The van der Waals surface area contributed by atoms with Gasteiger partial charge in [0, 0.05) is 6.54 Å². The third-order valence-corrected chi connectivity index (χ3v) is 4.15. The average molecular weight is 326 g/mol. The van der Waals surface area contributed by atoms with Gasteiger partial charge < -0.3 is 10.4 Å². The molecular formula is C20H39NO2. The van der Waals surface area contributed by atoms with E-state index in [9.17, 15) is 4.79 Å². The van der Waals surface area contributed by atoms with Gasteiger partial charge in [0.1, 0.15) is 6.61 Å². The van der Waals surface area contributed by atoms with E-state index in [2.05, 4.69) is 24.4 Å². The van der Waals surface area contributed by atoms with Gasteiger partial charge in [-0.05, 0) is 32.1 Å². The standard InChI is InChI=1S/C20H39NO2/c1-2-3-4-5-6-7-8-9-10-11-12-13-14-15-16-17-18-21-20(23)19-22/h9-10,22H,2-8,11-19H2,1H3,(H,21,23). The Bertz CT molecular complexity index is 277. The van der Waals surface area contributed by atoms with Crippen molar-refractivity contribution in [2.45, 2.75) is 96.8 Å². The molecule has 0 radical (unpaired) electrons. The van der Waals surface area contributed by atoms with Crippen LogP contribution in [0.2, 0.25) is 0 Å². The van der Waals surface area contributed by atoms with Crippen LogP contribution in [0.5, 0.6) is 0 Å². The highest BCUT2D eigenvalue weighted by atomic mass is 16.3. The maximum Gasteiger partial charge on any atom is 0.245 e. The molecule has 3 heteroatoms. The van der Waals surface area contributed by atoms with Gasteiger partial charge in [-0.15, -0.1) is 0 Å². The van der Waals surface area contributed by atoms with E-state index < -0.39 is 6.61 Å². The first-order chi connectivity index (χ1) is 11.3. The van der Waals surface area contributed by atoms with Gasteiger partial charge in [0.05, 0.1) is 0 Å². The lowest BCUT2D eigenvalue weighted by Gasteiger charge is -2.03. The lowest BCUT2D eigenvalue weighted by Crippen LogP contribution is -2.26. The number of hydrogen-bond acceptors (Lipinski definition) is 2. The Hall–Kier alpha value is -0.830. The summed E-state index contributed by atoms with van der Waals surface area (Å²) in [7, 11) is 0. The highest BCUT2D eigenvalue weighted by molar-refractivity contribution is 5.76. The average Bonchev–Trinajstić information content (AvgIpc) is 2.57. The number of hydrogen-bond donors (Lipinski definition) is 2. The van der Waals surface area contributed by atoms with Crippen LogP contribution in [0, 0.1) is 0 Å². The number of amides is 1. The molecule has 136 valence electrons. The van der Waals surface area contributed by atoms with Crippen LogP contribution >= 0.6 is 0 Å². The smallest absolute Gasteiger partial charge is 0.245 e. The van der Waals surface area contributed by atoms with Gasteiger partial charge in [-0.3, -0.25) is 4.79 Å². The Labute approximate surface area is 143 Å². The molecule has 0 aromatic carbocycles. The number of nitrogens with one attached hydrogen (secondary N) is 1. The zero-order valence-corrected chi connectivity index (χ0v) is 15.3.